The Balaban J connectivity index is 1.11. The number of nitrogens with zero attached hydrogens (tertiary/aromatic N) is 3. The minimum Gasteiger partial charge on any atom is -0.449 e. The molecule has 0 unspecified atom stereocenters. The van der Waals surface area contributed by atoms with Crippen LogP contribution in [0, 0.1) is 0 Å². The molecule has 0 saturated heterocycles. The minimum atomic E-state index is -0.146. The maximum Gasteiger partial charge on any atom is 0.181 e. The molecule has 5 nitrogen and oxygen atoms in total. The van der Waals surface area contributed by atoms with Gasteiger partial charge in [-0.3, -0.25) is 0 Å². The molecule has 0 atom stereocenters. The number of benzene rings is 6. The molecule has 0 radical (unpaired) electrons. The van der Waals surface area contributed by atoms with E-state index in [9.17, 15) is 0 Å². The van der Waals surface area contributed by atoms with Gasteiger partial charge in [-0.25, -0.2) is 15.0 Å². The molecule has 0 amide bonds. The van der Waals surface area contributed by atoms with Crippen LogP contribution in [0.4, 0.5) is 0 Å². The van der Waals surface area contributed by atoms with Crippen LogP contribution < -0.4 is 9.47 Å². The lowest BCUT2D eigenvalue weighted by atomic mass is 9.82. The summed E-state index contributed by atoms with van der Waals surface area (Å²) in [6.07, 6.45) is 0. The predicted octanol–water partition coefficient (Wildman–Crippen LogP) is 11.4. The van der Waals surface area contributed by atoms with Gasteiger partial charge in [-0.2, -0.15) is 0 Å². The summed E-state index contributed by atoms with van der Waals surface area (Å²) >= 11 is 0. The van der Waals surface area contributed by atoms with Gasteiger partial charge in [0.1, 0.15) is 0 Å². The highest BCUT2D eigenvalue weighted by atomic mass is 16.6. The third kappa shape index (κ3) is 4.10. The Morgan fingerprint density at radius 3 is 1.68 bits per heavy atom. The Morgan fingerprint density at radius 2 is 0.940 bits per heavy atom. The lowest BCUT2D eigenvalue weighted by Gasteiger charge is -2.26. The van der Waals surface area contributed by atoms with E-state index in [1.165, 1.54) is 44.5 Å². The number of aromatic nitrogens is 3. The largest absolute Gasteiger partial charge is 0.449 e. The molecule has 2 aliphatic carbocycles. The van der Waals surface area contributed by atoms with Crippen LogP contribution in [0.15, 0.2) is 127 Å². The van der Waals surface area contributed by atoms with E-state index in [0.29, 0.717) is 40.5 Å². The summed E-state index contributed by atoms with van der Waals surface area (Å²) in [5.41, 5.74) is 12.4. The summed E-state index contributed by atoms with van der Waals surface area (Å²) in [6, 6.07) is 44.1. The Labute approximate surface area is 291 Å². The van der Waals surface area contributed by atoms with Crippen molar-refractivity contribution >= 4 is 0 Å². The smallest absolute Gasteiger partial charge is 0.181 e. The van der Waals surface area contributed by atoms with E-state index in [2.05, 4.69) is 107 Å². The summed E-state index contributed by atoms with van der Waals surface area (Å²) in [7, 11) is 0. The first-order chi connectivity index (χ1) is 24.3. The number of rotatable bonds is 3. The average Bonchev–Trinajstić information content (AvgIpc) is 3.52. The molecule has 50 heavy (non-hydrogen) atoms. The van der Waals surface area contributed by atoms with Crippen molar-refractivity contribution in [3.8, 4) is 79.4 Å². The SMILES string of the molecule is CC1(C)c2ccccc2-c2ccc(-c3nc(-c4ccccc4)nc(-c4cccc5c4Oc4cc6c(cc4O5)C(C)(C)c4ccccc4-6)n3)cc21. The number of ether oxygens (including phenoxy) is 2. The van der Waals surface area contributed by atoms with Crippen molar-refractivity contribution in [3.05, 3.63) is 150 Å². The number of hydrogen-bond acceptors (Lipinski definition) is 5. The molecule has 0 fully saturated rings. The Kier molecular flexibility index (Phi) is 5.91. The van der Waals surface area contributed by atoms with Crippen molar-refractivity contribution < 1.29 is 9.47 Å². The number of fused-ring (bicyclic) bond motifs is 8. The van der Waals surface area contributed by atoms with Crippen LogP contribution in [-0.4, -0.2) is 15.0 Å². The van der Waals surface area contributed by atoms with E-state index < -0.39 is 0 Å². The van der Waals surface area contributed by atoms with E-state index in [0.717, 1.165) is 16.7 Å². The summed E-state index contributed by atoms with van der Waals surface area (Å²) in [6.45, 7) is 9.11. The molecule has 10 rings (SSSR count). The monoisotopic (exact) mass is 647 g/mol. The van der Waals surface area contributed by atoms with Crippen molar-refractivity contribution in [3.63, 3.8) is 0 Å². The zero-order valence-electron chi connectivity index (χ0n) is 28.3. The van der Waals surface area contributed by atoms with Crippen molar-refractivity contribution in [1.82, 2.24) is 15.0 Å². The second kappa shape index (κ2) is 10.2. The number of hydrogen-bond donors (Lipinski definition) is 0. The molecular formula is C45H33N3O2. The van der Waals surface area contributed by atoms with Crippen LogP contribution in [0.1, 0.15) is 49.9 Å². The van der Waals surface area contributed by atoms with E-state index in [-0.39, 0.29) is 10.8 Å². The van der Waals surface area contributed by atoms with Crippen LogP contribution >= 0.6 is 0 Å². The van der Waals surface area contributed by atoms with Crippen molar-refractivity contribution in [2.45, 2.75) is 38.5 Å². The zero-order chi connectivity index (χ0) is 33.8. The standard InChI is InChI=1S/C45H33N3O2/c1-44(2)33-18-10-8-15-28(33)30-22-21-27(23-35(30)44)42-46-41(26-13-6-5-7-14-26)47-43(48-42)31-17-12-20-37-40(31)50-38-24-32-29-16-9-11-19-34(29)45(3,4)36(32)25-39(38)49-37/h5-25H,1-4H3. The maximum atomic E-state index is 6.76. The van der Waals surface area contributed by atoms with Gasteiger partial charge in [-0.15, -0.1) is 0 Å². The van der Waals surface area contributed by atoms with Gasteiger partial charge in [0.15, 0.2) is 40.5 Å². The van der Waals surface area contributed by atoms with Gasteiger partial charge in [-0.1, -0.05) is 125 Å². The van der Waals surface area contributed by atoms with Crippen LogP contribution in [0.25, 0.3) is 56.4 Å². The van der Waals surface area contributed by atoms with Crippen LogP contribution in [-0.2, 0) is 10.8 Å². The molecule has 6 aromatic carbocycles. The molecular weight excluding hydrogens is 615 g/mol. The number of para-hydroxylation sites is 1. The highest BCUT2D eigenvalue weighted by Gasteiger charge is 2.38. The molecule has 0 spiro atoms. The molecule has 240 valence electrons. The van der Waals surface area contributed by atoms with Crippen LogP contribution in [0.2, 0.25) is 0 Å². The maximum absolute atomic E-state index is 6.76. The van der Waals surface area contributed by atoms with Crippen molar-refractivity contribution in [1.29, 1.82) is 0 Å². The third-order valence-electron chi connectivity index (χ3n) is 10.8. The lowest BCUT2D eigenvalue weighted by Crippen LogP contribution is -2.15. The van der Waals surface area contributed by atoms with Gasteiger partial charge in [0.25, 0.3) is 0 Å². The molecule has 7 aromatic rings. The van der Waals surface area contributed by atoms with Crippen LogP contribution in [0.5, 0.6) is 23.0 Å². The molecule has 1 aromatic heterocycles. The van der Waals surface area contributed by atoms with Gasteiger partial charge in [0.2, 0.25) is 0 Å². The first-order valence-corrected chi connectivity index (χ1v) is 17.1. The first kappa shape index (κ1) is 28.9. The minimum absolute atomic E-state index is 0.142. The molecule has 0 saturated carbocycles. The summed E-state index contributed by atoms with van der Waals surface area (Å²) < 4.78 is 13.4. The Morgan fingerprint density at radius 1 is 0.380 bits per heavy atom. The van der Waals surface area contributed by atoms with Gasteiger partial charge < -0.3 is 9.47 Å². The fourth-order valence-electron chi connectivity index (χ4n) is 8.16. The van der Waals surface area contributed by atoms with Crippen molar-refractivity contribution in [2.24, 2.45) is 0 Å². The van der Waals surface area contributed by atoms with Crippen LogP contribution in [0.3, 0.4) is 0 Å². The highest BCUT2D eigenvalue weighted by Crippen LogP contribution is 2.56. The summed E-state index contributed by atoms with van der Waals surface area (Å²) in [5, 5.41) is 0. The molecule has 0 N–H and O–H groups in total. The predicted molar refractivity (Wildman–Crippen MR) is 198 cm³/mol. The fraction of sp³-hybridized carbons (Fsp3) is 0.133. The van der Waals surface area contributed by atoms with Gasteiger partial charge in [0.05, 0.1) is 5.56 Å². The first-order valence-electron chi connectivity index (χ1n) is 17.1. The second-order valence-electron chi connectivity index (χ2n) is 14.5. The quantitative estimate of drug-likeness (QED) is 0.191. The van der Waals surface area contributed by atoms with E-state index >= 15 is 0 Å². The second-order valence-corrected chi connectivity index (χ2v) is 14.5. The summed E-state index contributed by atoms with van der Waals surface area (Å²) in [5.74, 6) is 4.32. The van der Waals surface area contributed by atoms with Crippen molar-refractivity contribution in [2.75, 3.05) is 0 Å². The molecule has 5 heteroatoms. The van der Waals surface area contributed by atoms with E-state index in [1.807, 2.05) is 48.5 Å². The Hall–Kier alpha value is -6.07. The van der Waals surface area contributed by atoms with E-state index in [4.69, 9.17) is 24.4 Å². The topological polar surface area (TPSA) is 57.1 Å². The Bertz CT molecular complexity index is 2550. The normalized spacial score (nSPS) is 15.0. The van der Waals surface area contributed by atoms with Gasteiger partial charge in [-0.05, 0) is 74.8 Å². The summed E-state index contributed by atoms with van der Waals surface area (Å²) in [4.78, 5) is 15.2. The zero-order valence-corrected chi connectivity index (χ0v) is 28.3. The third-order valence-corrected chi connectivity index (χ3v) is 10.8. The molecule has 1 aliphatic heterocycles. The van der Waals surface area contributed by atoms with Gasteiger partial charge >= 0.3 is 0 Å². The molecule has 0 bridgehead atoms. The molecule has 2 heterocycles. The van der Waals surface area contributed by atoms with Gasteiger partial charge in [0, 0.05) is 22.0 Å². The lowest BCUT2D eigenvalue weighted by molar-refractivity contribution is 0.360. The highest BCUT2D eigenvalue weighted by molar-refractivity contribution is 5.85. The average molecular weight is 648 g/mol. The van der Waals surface area contributed by atoms with E-state index in [1.54, 1.807) is 0 Å². The molecule has 3 aliphatic rings. The fourth-order valence-corrected chi connectivity index (χ4v) is 8.16.